The van der Waals surface area contributed by atoms with Gasteiger partial charge in [-0.25, -0.2) is 28.0 Å². The molecule has 11 heteroatoms. The molecule has 0 aliphatic carbocycles. The van der Waals surface area contributed by atoms with Gasteiger partial charge in [0.25, 0.3) is 0 Å². The fraction of sp³-hybridized carbons (Fsp3) is 0.299. The molecule has 402 valence electrons. The first-order chi connectivity index (χ1) is 38.0. The molecular formula is C67H67F2NO8. The number of carbonyl (C=O) groups excluding carboxylic acids is 4. The molecule has 0 bridgehead atoms. The van der Waals surface area contributed by atoms with Crippen molar-refractivity contribution < 1.29 is 46.9 Å². The van der Waals surface area contributed by atoms with Gasteiger partial charge in [0.2, 0.25) is 0 Å². The number of unbranched alkanes of at least 4 members (excludes halogenated alkanes) is 14. The molecule has 0 amide bonds. The van der Waals surface area contributed by atoms with Crippen LogP contribution in [0.5, 0.6) is 23.0 Å². The van der Waals surface area contributed by atoms with E-state index in [4.69, 9.17) is 18.9 Å². The number of ether oxygens (including phenoxy) is 4. The first kappa shape index (κ1) is 57.5. The van der Waals surface area contributed by atoms with Crippen molar-refractivity contribution in [2.45, 2.75) is 129 Å². The van der Waals surface area contributed by atoms with Crippen LogP contribution in [0, 0.1) is 23.0 Å². The van der Waals surface area contributed by atoms with Crippen molar-refractivity contribution in [3.63, 3.8) is 0 Å². The summed E-state index contributed by atoms with van der Waals surface area (Å²) >= 11 is 0. The summed E-state index contributed by atoms with van der Waals surface area (Å²) in [5.41, 5.74) is 5.40. The largest absolute Gasteiger partial charge is 0.423 e. The van der Waals surface area contributed by atoms with Crippen molar-refractivity contribution in [3.05, 3.63) is 202 Å². The number of aryl methyl sites for hydroxylation is 2. The van der Waals surface area contributed by atoms with Crippen LogP contribution < -0.4 is 18.9 Å². The van der Waals surface area contributed by atoms with E-state index in [9.17, 15) is 24.4 Å². The SMILES string of the molecule is CCCCCCCCCCc1ccc(-c2ccc(C(=O)Oc3ccc(C(=O)Oc4cccc(OC(=O)c5ccc(OC(=O)c6ccc(-c7ccc(CCCCCCCCCC)cc7)cc6)cc5F)c4C#N)c(F)c3)cc2)cc1. The summed E-state index contributed by atoms with van der Waals surface area (Å²) in [7, 11) is 0. The lowest BCUT2D eigenvalue weighted by Gasteiger charge is -2.12. The second-order valence-corrected chi connectivity index (χ2v) is 19.6. The zero-order valence-electron chi connectivity index (χ0n) is 44.6. The van der Waals surface area contributed by atoms with Gasteiger partial charge in [-0.3, -0.25) is 0 Å². The van der Waals surface area contributed by atoms with E-state index in [1.54, 1.807) is 30.3 Å². The molecule has 0 unspecified atom stereocenters. The van der Waals surface area contributed by atoms with Crippen LogP contribution in [0.2, 0.25) is 0 Å². The fourth-order valence-corrected chi connectivity index (χ4v) is 9.13. The first-order valence-corrected chi connectivity index (χ1v) is 27.4. The molecule has 0 saturated carbocycles. The maximum Gasteiger partial charge on any atom is 0.346 e. The molecule has 0 fully saturated rings. The van der Waals surface area contributed by atoms with E-state index >= 15 is 8.78 Å². The van der Waals surface area contributed by atoms with Crippen LogP contribution in [0.3, 0.4) is 0 Å². The highest BCUT2D eigenvalue weighted by Crippen LogP contribution is 2.31. The highest BCUT2D eigenvalue weighted by atomic mass is 19.1. The summed E-state index contributed by atoms with van der Waals surface area (Å²) in [6.07, 6.45) is 22.5. The smallest absolute Gasteiger partial charge is 0.346 e. The Hall–Kier alpha value is -8.23. The van der Waals surface area contributed by atoms with Gasteiger partial charge in [-0.2, -0.15) is 5.26 Å². The van der Waals surface area contributed by atoms with Gasteiger partial charge in [-0.05, 0) is 120 Å². The molecule has 0 heterocycles. The zero-order valence-corrected chi connectivity index (χ0v) is 44.6. The normalized spacial score (nSPS) is 10.9. The van der Waals surface area contributed by atoms with Crippen LogP contribution in [0.4, 0.5) is 8.78 Å². The number of benzene rings is 7. The van der Waals surface area contributed by atoms with Crippen LogP contribution >= 0.6 is 0 Å². The summed E-state index contributed by atoms with van der Waals surface area (Å²) in [6.45, 7) is 4.47. The number of nitrogens with zero attached hydrogens (tertiary/aromatic N) is 1. The summed E-state index contributed by atoms with van der Waals surface area (Å²) in [5.74, 6) is -7.11. The van der Waals surface area contributed by atoms with E-state index in [0.717, 1.165) is 59.4 Å². The highest BCUT2D eigenvalue weighted by Gasteiger charge is 2.23. The lowest BCUT2D eigenvalue weighted by Crippen LogP contribution is -2.15. The molecule has 0 aliphatic heterocycles. The van der Waals surface area contributed by atoms with Crippen molar-refractivity contribution in [2.75, 3.05) is 0 Å². The van der Waals surface area contributed by atoms with Crippen molar-refractivity contribution >= 4 is 23.9 Å². The van der Waals surface area contributed by atoms with Crippen molar-refractivity contribution in [1.29, 1.82) is 5.26 Å². The average Bonchev–Trinajstić information content (AvgIpc) is 3.46. The quantitative estimate of drug-likeness (QED) is 0.0267. The Morgan fingerprint density at radius 1 is 0.397 bits per heavy atom. The second kappa shape index (κ2) is 29.9. The number of carbonyl (C=O) groups is 4. The maximum absolute atomic E-state index is 15.4. The van der Waals surface area contributed by atoms with Gasteiger partial charge in [0.15, 0.2) is 11.5 Å². The molecular weight excluding hydrogens is 985 g/mol. The lowest BCUT2D eigenvalue weighted by atomic mass is 10.00. The first-order valence-electron chi connectivity index (χ1n) is 27.4. The molecule has 7 aromatic carbocycles. The van der Waals surface area contributed by atoms with Crippen LogP contribution in [-0.2, 0) is 12.8 Å². The minimum atomic E-state index is -1.21. The van der Waals surface area contributed by atoms with Gasteiger partial charge >= 0.3 is 23.9 Å². The van der Waals surface area contributed by atoms with Crippen LogP contribution in [0.15, 0.2) is 152 Å². The number of halogens is 2. The van der Waals surface area contributed by atoms with Crippen LogP contribution in [0.1, 0.15) is 175 Å². The van der Waals surface area contributed by atoms with Gasteiger partial charge in [-0.1, -0.05) is 183 Å². The minimum absolute atomic E-state index is 0.166. The summed E-state index contributed by atoms with van der Waals surface area (Å²) < 4.78 is 52.3. The van der Waals surface area contributed by atoms with E-state index in [0.29, 0.717) is 0 Å². The Balaban J connectivity index is 0.873. The Bertz CT molecular complexity index is 2940. The Morgan fingerprint density at radius 3 is 1.06 bits per heavy atom. The summed E-state index contributed by atoms with van der Waals surface area (Å²) in [5, 5.41) is 10.0. The summed E-state index contributed by atoms with van der Waals surface area (Å²) in [4.78, 5) is 52.5. The van der Waals surface area contributed by atoms with Gasteiger partial charge in [0.1, 0.15) is 34.8 Å². The third-order valence-electron chi connectivity index (χ3n) is 13.7. The third-order valence-corrected chi connectivity index (χ3v) is 13.7. The maximum atomic E-state index is 15.4. The van der Waals surface area contributed by atoms with Gasteiger partial charge in [-0.15, -0.1) is 0 Å². The lowest BCUT2D eigenvalue weighted by molar-refractivity contribution is 0.0720. The molecule has 0 spiro atoms. The Morgan fingerprint density at radius 2 is 0.731 bits per heavy atom. The molecule has 0 saturated heterocycles. The van der Waals surface area contributed by atoms with E-state index in [-0.39, 0.29) is 34.1 Å². The third kappa shape index (κ3) is 16.9. The number of hydrogen-bond acceptors (Lipinski definition) is 9. The van der Waals surface area contributed by atoms with E-state index in [2.05, 4.69) is 62.4 Å². The van der Waals surface area contributed by atoms with E-state index in [1.165, 1.54) is 144 Å². The monoisotopic (exact) mass is 1050 g/mol. The predicted octanol–water partition coefficient (Wildman–Crippen LogP) is 17.4. The molecule has 7 aromatic rings. The summed E-state index contributed by atoms with van der Waals surface area (Å²) in [6, 6.07) is 42.4. The Kier molecular flexibility index (Phi) is 22.0. The molecule has 0 aliphatic rings. The van der Waals surface area contributed by atoms with Crippen molar-refractivity contribution in [1.82, 2.24) is 0 Å². The van der Waals surface area contributed by atoms with E-state index < -0.39 is 52.2 Å². The van der Waals surface area contributed by atoms with Gasteiger partial charge in [0.05, 0.1) is 22.3 Å². The molecule has 0 aromatic heterocycles. The molecule has 0 radical (unpaired) electrons. The van der Waals surface area contributed by atoms with E-state index in [1.807, 2.05) is 24.3 Å². The molecule has 9 nitrogen and oxygen atoms in total. The number of hydrogen-bond donors (Lipinski definition) is 0. The average molecular weight is 1050 g/mol. The van der Waals surface area contributed by atoms with Crippen LogP contribution in [0.25, 0.3) is 22.3 Å². The number of nitriles is 1. The minimum Gasteiger partial charge on any atom is -0.423 e. The topological polar surface area (TPSA) is 129 Å². The number of rotatable bonds is 28. The van der Waals surface area contributed by atoms with Crippen LogP contribution in [-0.4, -0.2) is 23.9 Å². The standard InChI is InChI=1S/C67H67F2NO8/c1-3-5-7-9-11-13-15-17-20-47-24-28-49(29-25-47)51-32-36-53(37-33-51)64(71)75-55-40-42-57(60(68)44-55)66(73)77-62-22-19-23-63(59(62)46-70)78-67(74)58-43-41-56(45-61(58)69)76-65(72)54-38-34-52(35-39-54)50-30-26-48(27-31-50)21-18-16-14-12-10-8-6-4-2/h19,22-45H,3-18,20-21H2,1-2H3. The second-order valence-electron chi connectivity index (χ2n) is 19.6. The molecule has 7 rings (SSSR count). The van der Waals surface area contributed by atoms with Gasteiger partial charge < -0.3 is 18.9 Å². The molecule has 78 heavy (non-hydrogen) atoms. The number of esters is 4. The van der Waals surface area contributed by atoms with Gasteiger partial charge in [0, 0.05) is 12.1 Å². The van der Waals surface area contributed by atoms with Crippen molar-refractivity contribution in [3.8, 4) is 51.3 Å². The molecule has 0 N–H and O–H groups in total. The Labute approximate surface area is 457 Å². The zero-order chi connectivity index (χ0) is 55.1. The molecule has 0 atom stereocenters. The highest BCUT2D eigenvalue weighted by molar-refractivity contribution is 5.95. The fourth-order valence-electron chi connectivity index (χ4n) is 9.13. The predicted molar refractivity (Wildman–Crippen MR) is 300 cm³/mol. The van der Waals surface area contributed by atoms with Crippen molar-refractivity contribution in [2.24, 2.45) is 0 Å².